The van der Waals surface area contributed by atoms with Gasteiger partial charge in [-0.25, -0.2) is 4.39 Å². The number of carbonyl (C=O) groups excluding carboxylic acids is 2. The first kappa shape index (κ1) is 22.2. The van der Waals surface area contributed by atoms with E-state index in [4.69, 9.17) is 0 Å². The van der Waals surface area contributed by atoms with Crippen molar-refractivity contribution >= 4 is 17.4 Å². The van der Waals surface area contributed by atoms with E-state index in [-0.39, 0.29) is 5.82 Å². The van der Waals surface area contributed by atoms with Crippen LogP contribution in [0.25, 0.3) is 11.1 Å². The fourth-order valence-corrected chi connectivity index (χ4v) is 4.91. The van der Waals surface area contributed by atoms with Crippen molar-refractivity contribution in [2.24, 2.45) is 0 Å². The van der Waals surface area contributed by atoms with Crippen molar-refractivity contribution in [3.8, 4) is 11.1 Å². The van der Waals surface area contributed by atoms with E-state index >= 15 is 0 Å². The summed E-state index contributed by atoms with van der Waals surface area (Å²) >= 11 is 0. The molecule has 0 spiro atoms. The van der Waals surface area contributed by atoms with Crippen molar-refractivity contribution in [3.05, 3.63) is 77.6 Å². The maximum absolute atomic E-state index is 13.4. The van der Waals surface area contributed by atoms with Crippen molar-refractivity contribution in [1.29, 1.82) is 0 Å². The fraction of sp³-hybridized carbons (Fsp3) is 0.333. The number of Topliss-reactive ketones (excluding diaryl/α,β-unsaturated/α-hetero) is 1. The Hall–Kier alpha value is -3.05. The van der Waals surface area contributed by atoms with Crippen LogP contribution in [-0.2, 0) is 4.79 Å². The van der Waals surface area contributed by atoms with E-state index in [1.54, 1.807) is 29.2 Å². The van der Waals surface area contributed by atoms with Crippen LogP contribution in [0, 0.1) is 5.82 Å². The molecule has 2 aromatic rings. The summed E-state index contributed by atoms with van der Waals surface area (Å²) < 4.78 is 13.4. The van der Waals surface area contributed by atoms with Crippen LogP contribution < -0.4 is 4.90 Å². The van der Waals surface area contributed by atoms with Crippen LogP contribution >= 0.6 is 0 Å². The Labute approximate surface area is 189 Å². The maximum Gasteiger partial charge on any atom is 0.299 e. The molecule has 166 valence electrons. The minimum Gasteiger partial charge on any atom is -0.300 e. The number of rotatable bonds is 6. The van der Waals surface area contributed by atoms with Crippen LogP contribution in [0.1, 0.15) is 44.5 Å². The molecule has 1 aliphatic carbocycles. The van der Waals surface area contributed by atoms with Gasteiger partial charge in [-0.1, -0.05) is 42.5 Å². The fourth-order valence-electron chi connectivity index (χ4n) is 4.91. The van der Waals surface area contributed by atoms with Gasteiger partial charge in [0.05, 0.1) is 17.8 Å². The van der Waals surface area contributed by atoms with Crippen LogP contribution in [0.2, 0.25) is 0 Å². The smallest absolute Gasteiger partial charge is 0.299 e. The molecule has 1 heterocycles. The van der Waals surface area contributed by atoms with Gasteiger partial charge < -0.3 is 0 Å². The lowest BCUT2D eigenvalue weighted by Gasteiger charge is -2.37. The van der Waals surface area contributed by atoms with Crippen molar-refractivity contribution in [3.63, 3.8) is 0 Å². The third-order valence-corrected chi connectivity index (χ3v) is 6.22. The highest BCUT2D eigenvalue weighted by atomic mass is 19.1. The summed E-state index contributed by atoms with van der Waals surface area (Å²) in [6.07, 6.45) is 7.30. The lowest BCUT2D eigenvalue weighted by molar-refractivity contribution is -0.114. The van der Waals surface area contributed by atoms with E-state index in [9.17, 15) is 14.0 Å². The van der Waals surface area contributed by atoms with Gasteiger partial charge >= 0.3 is 0 Å². The first-order chi connectivity index (χ1) is 15.3. The van der Waals surface area contributed by atoms with E-state index in [1.165, 1.54) is 12.1 Å². The molecule has 1 unspecified atom stereocenters. The first-order valence-corrected chi connectivity index (χ1v) is 11.2. The number of hydrogen-bond acceptors (Lipinski definition) is 3. The number of ketones is 1. The van der Waals surface area contributed by atoms with Crippen LogP contribution in [0.5, 0.6) is 0 Å². The van der Waals surface area contributed by atoms with Crippen LogP contribution in [0.3, 0.4) is 0 Å². The largest absolute Gasteiger partial charge is 0.300 e. The van der Waals surface area contributed by atoms with Crippen molar-refractivity contribution in [2.75, 3.05) is 11.4 Å². The average Bonchev–Trinajstić information content (AvgIpc) is 3.00. The number of fused-ring (bicyclic) bond motifs is 1. The summed E-state index contributed by atoms with van der Waals surface area (Å²) in [6.45, 7) is 9.15. The molecule has 4 rings (SSSR count). The Balaban J connectivity index is 1.62. The van der Waals surface area contributed by atoms with E-state index in [0.717, 1.165) is 23.1 Å². The summed E-state index contributed by atoms with van der Waals surface area (Å²) in [6, 6.07) is 12.6. The Kier molecular flexibility index (Phi) is 6.11. The van der Waals surface area contributed by atoms with Crippen LogP contribution in [0.15, 0.2) is 66.3 Å². The second kappa shape index (κ2) is 8.83. The topological polar surface area (TPSA) is 40.6 Å². The highest BCUT2D eigenvalue weighted by molar-refractivity contribution is 6.53. The number of anilines is 1. The lowest BCUT2D eigenvalue weighted by Crippen LogP contribution is -2.44. The van der Waals surface area contributed by atoms with Gasteiger partial charge in [-0.3, -0.25) is 19.4 Å². The standard InChI is InChI=1S/C27H29FN2O2/c1-17(2)30(18(3)4)22-14-8-19(9-15-22)16-29-25-23(20-10-12-21(28)13-11-20)6-5-7-24(25)26(31)27(29)32/h5-14,17-18,22H,15-16H2,1-4H3. The van der Waals surface area contributed by atoms with Gasteiger partial charge in [-0.05, 0) is 63.5 Å². The Morgan fingerprint density at radius 3 is 2.25 bits per heavy atom. The number of benzene rings is 2. The Morgan fingerprint density at radius 2 is 1.66 bits per heavy atom. The van der Waals surface area contributed by atoms with Gasteiger partial charge in [0, 0.05) is 23.7 Å². The number of halogens is 1. The molecule has 4 nitrogen and oxygen atoms in total. The van der Waals surface area contributed by atoms with E-state index < -0.39 is 11.7 Å². The number of para-hydroxylation sites is 1. The third-order valence-electron chi connectivity index (χ3n) is 6.22. The van der Waals surface area contributed by atoms with E-state index in [0.29, 0.717) is 35.9 Å². The summed E-state index contributed by atoms with van der Waals surface area (Å²) in [5, 5.41) is 0. The molecule has 0 aromatic heterocycles. The normalized spacial score (nSPS) is 18.2. The highest BCUT2D eigenvalue weighted by Crippen LogP contribution is 2.39. The zero-order chi connectivity index (χ0) is 23.0. The van der Waals surface area contributed by atoms with Crippen LogP contribution in [0.4, 0.5) is 10.1 Å². The third kappa shape index (κ3) is 4.05. The molecule has 32 heavy (non-hydrogen) atoms. The van der Waals surface area contributed by atoms with Gasteiger partial charge in [0.1, 0.15) is 5.82 Å². The lowest BCUT2D eigenvalue weighted by atomic mass is 9.98. The molecule has 0 fully saturated rings. The quantitative estimate of drug-likeness (QED) is 0.574. The predicted octanol–water partition coefficient (Wildman–Crippen LogP) is 5.40. The summed E-state index contributed by atoms with van der Waals surface area (Å²) in [5.74, 6) is -1.33. The molecule has 1 amide bonds. The zero-order valence-corrected chi connectivity index (χ0v) is 19.0. The maximum atomic E-state index is 13.4. The average molecular weight is 433 g/mol. The second-order valence-electron chi connectivity index (χ2n) is 9.00. The predicted molar refractivity (Wildman–Crippen MR) is 126 cm³/mol. The SMILES string of the molecule is CC(C)N(C(C)C)C1C=CC(CN2C(=O)C(=O)c3cccc(-c4ccc(F)cc4)c32)=CC1. The molecule has 0 radical (unpaired) electrons. The van der Waals surface area contributed by atoms with E-state index in [1.807, 2.05) is 6.07 Å². The first-order valence-electron chi connectivity index (χ1n) is 11.2. The molecule has 0 saturated carbocycles. The second-order valence-corrected chi connectivity index (χ2v) is 9.00. The Morgan fingerprint density at radius 1 is 1.00 bits per heavy atom. The van der Waals surface area contributed by atoms with Gasteiger partial charge in [0.25, 0.3) is 11.7 Å². The number of amides is 1. The van der Waals surface area contributed by atoms with Crippen molar-refractivity contribution in [1.82, 2.24) is 4.90 Å². The molecule has 1 aliphatic heterocycles. The molecule has 5 heteroatoms. The number of carbonyl (C=O) groups is 2. The van der Waals surface area contributed by atoms with E-state index in [2.05, 4.69) is 50.8 Å². The zero-order valence-electron chi connectivity index (χ0n) is 19.0. The molecule has 0 saturated heterocycles. The summed E-state index contributed by atoms with van der Waals surface area (Å²) in [7, 11) is 0. The summed E-state index contributed by atoms with van der Waals surface area (Å²) in [5.41, 5.74) is 3.55. The van der Waals surface area contributed by atoms with Gasteiger partial charge in [0.15, 0.2) is 0 Å². The Bertz CT molecular complexity index is 1090. The number of hydrogen-bond donors (Lipinski definition) is 0. The number of nitrogens with zero attached hydrogens (tertiary/aromatic N) is 2. The van der Waals surface area contributed by atoms with Crippen LogP contribution in [-0.4, -0.2) is 41.3 Å². The highest BCUT2D eigenvalue weighted by Gasteiger charge is 2.38. The molecular formula is C27H29FN2O2. The monoisotopic (exact) mass is 432 g/mol. The molecular weight excluding hydrogens is 403 g/mol. The minimum atomic E-state index is -0.517. The van der Waals surface area contributed by atoms with Gasteiger partial charge in [-0.15, -0.1) is 0 Å². The van der Waals surface area contributed by atoms with Gasteiger partial charge in [-0.2, -0.15) is 0 Å². The molecule has 1 atom stereocenters. The molecule has 0 bridgehead atoms. The minimum absolute atomic E-state index is 0.316. The molecule has 2 aliphatic rings. The molecule has 2 aromatic carbocycles. The van der Waals surface area contributed by atoms with Crippen molar-refractivity contribution in [2.45, 2.75) is 52.2 Å². The van der Waals surface area contributed by atoms with Gasteiger partial charge in [0.2, 0.25) is 0 Å². The summed E-state index contributed by atoms with van der Waals surface area (Å²) in [4.78, 5) is 29.6. The van der Waals surface area contributed by atoms with Crippen molar-refractivity contribution < 1.29 is 14.0 Å². The molecule has 0 N–H and O–H groups in total.